The molecule has 0 heterocycles. The number of carbonyl (C=O) groups is 2. The topological polar surface area (TPSA) is 64.6 Å². The van der Waals surface area contributed by atoms with E-state index in [2.05, 4.69) is 5.32 Å². The van der Waals surface area contributed by atoms with Crippen LogP contribution in [0.1, 0.15) is 59.8 Å². The summed E-state index contributed by atoms with van der Waals surface area (Å²) in [7, 11) is 1.35. The Hall–Kier alpha value is -1.26. The minimum absolute atomic E-state index is 0.0937. The number of amides is 1. The molecule has 1 atom stereocenters. The van der Waals surface area contributed by atoms with Crippen molar-refractivity contribution in [3.05, 3.63) is 0 Å². The molecule has 20 heavy (non-hydrogen) atoms. The second-order valence-corrected chi connectivity index (χ2v) is 6.66. The molecule has 1 fully saturated rings. The lowest BCUT2D eigenvalue weighted by Gasteiger charge is -2.38. The second kappa shape index (κ2) is 6.46. The number of hydrogen-bond donors (Lipinski definition) is 1. The van der Waals surface area contributed by atoms with Gasteiger partial charge in [-0.2, -0.15) is 0 Å². The van der Waals surface area contributed by atoms with E-state index in [0.717, 1.165) is 25.7 Å². The molecular formula is C15H27NO4. The maximum Gasteiger partial charge on any atom is 0.408 e. The standard InChI is InChI=1S/C15H27NO4/c1-14(2,3)20-13(18)16-15(4,12(17)19-5)11-9-7-6-8-10-11/h11H,6-10H2,1-5H3,(H,16,18)/t15-/m0/s1. The van der Waals surface area contributed by atoms with Crippen molar-refractivity contribution in [2.45, 2.75) is 70.9 Å². The fraction of sp³-hybridized carbons (Fsp3) is 0.867. The number of rotatable bonds is 3. The normalized spacial score (nSPS) is 19.9. The fourth-order valence-corrected chi connectivity index (χ4v) is 2.73. The molecule has 1 aliphatic rings. The Morgan fingerprint density at radius 1 is 1.05 bits per heavy atom. The Morgan fingerprint density at radius 2 is 1.60 bits per heavy atom. The fourth-order valence-electron chi connectivity index (χ4n) is 2.73. The highest BCUT2D eigenvalue weighted by Crippen LogP contribution is 2.33. The van der Waals surface area contributed by atoms with Gasteiger partial charge in [0, 0.05) is 0 Å². The van der Waals surface area contributed by atoms with Crippen molar-refractivity contribution < 1.29 is 19.1 Å². The van der Waals surface area contributed by atoms with E-state index in [1.165, 1.54) is 13.5 Å². The quantitative estimate of drug-likeness (QED) is 0.809. The van der Waals surface area contributed by atoms with Crippen LogP contribution in [-0.4, -0.2) is 30.3 Å². The van der Waals surface area contributed by atoms with Crippen molar-refractivity contribution >= 4 is 12.1 Å². The van der Waals surface area contributed by atoms with Crippen LogP contribution in [0.3, 0.4) is 0 Å². The van der Waals surface area contributed by atoms with Crippen molar-refractivity contribution in [3.8, 4) is 0 Å². The first-order valence-electron chi connectivity index (χ1n) is 7.28. The Kier molecular flexibility index (Phi) is 5.42. The Bertz CT molecular complexity index is 355. The van der Waals surface area contributed by atoms with E-state index < -0.39 is 23.2 Å². The first-order valence-corrected chi connectivity index (χ1v) is 7.28. The summed E-state index contributed by atoms with van der Waals surface area (Å²) >= 11 is 0. The highest BCUT2D eigenvalue weighted by atomic mass is 16.6. The first-order chi connectivity index (χ1) is 9.19. The summed E-state index contributed by atoms with van der Waals surface area (Å²) in [6, 6.07) is 0. The van der Waals surface area contributed by atoms with Crippen LogP contribution in [-0.2, 0) is 14.3 Å². The number of nitrogens with one attached hydrogen (secondary N) is 1. The average molecular weight is 285 g/mol. The zero-order valence-electron chi connectivity index (χ0n) is 13.2. The van der Waals surface area contributed by atoms with Gasteiger partial charge in [0.15, 0.2) is 0 Å². The molecule has 0 radical (unpaired) electrons. The smallest absolute Gasteiger partial charge is 0.408 e. The van der Waals surface area contributed by atoms with Gasteiger partial charge in [-0.3, -0.25) is 0 Å². The Balaban J connectivity index is 2.83. The van der Waals surface area contributed by atoms with Gasteiger partial charge in [0.2, 0.25) is 0 Å². The maximum absolute atomic E-state index is 12.1. The van der Waals surface area contributed by atoms with Gasteiger partial charge in [0.1, 0.15) is 11.1 Å². The minimum Gasteiger partial charge on any atom is -0.467 e. The van der Waals surface area contributed by atoms with E-state index in [1.807, 2.05) is 0 Å². The van der Waals surface area contributed by atoms with Crippen molar-refractivity contribution in [1.82, 2.24) is 5.32 Å². The van der Waals surface area contributed by atoms with Gasteiger partial charge in [0.05, 0.1) is 7.11 Å². The van der Waals surface area contributed by atoms with Gasteiger partial charge in [0.25, 0.3) is 0 Å². The summed E-state index contributed by atoms with van der Waals surface area (Å²) in [4.78, 5) is 24.1. The molecule has 0 aliphatic heterocycles. The van der Waals surface area contributed by atoms with E-state index >= 15 is 0 Å². The lowest BCUT2D eigenvalue weighted by molar-refractivity contribution is -0.151. The lowest BCUT2D eigenvalue weighted by atomic mass is 9.75. The molecule has 0 unspecified atom stereocenters. The molecule has 1 saturated carbocycles. The van der Waals surface area contributed by atoms with E-state index in [-0.39, 0.29) is 5.92 Å². The van der Waals surface area contributed by atoms with Crippen LogP contribution in [0, 0.1) is 5.92 Å². The molecule has 116 valence electrons. The Morgan fingerprint density at radius 3 is 2.05 bits per heavy atom. The number of esters is 1. The van der Waals surface area contributed by atoms with Crippen LogP contribution in [0.15, 0.2) is 0 Å². The number of alkyl carbamates (subject to hydrolysis) is 1. The molecule has 0 bridgehead atoms. The van der Waals surface area contributed by atoms with Gasteiger partial charge < -0.3 is 14.8 Å². The molecule has 1 amide bonds. The average Bonchev–Trinajstić information content (AvgIpc) is 2.36. The van der Waals surface area contributed by atoms with Gasteiger partial charge in [-0.25, -0.2) is 9.59 Å². The molecule has 1 rings (SSSR count). The predicted octanol–water partition coefficient (Wildman–Crippen LogP) is 3.02. The third-order valence-electron chi connectivity index (χ3n) is 3.79. The van der Waals surface area contributed by atoms with Gasteiger partial charge >= 0.3 is 12.1 Å². The molecular weight excluding hydrogens is 258 g/mol. The van der Waals surface area contributed by atoms with Crippen molar-refractivity contribution in [2.75, 3.05) is 7.11 Å². The zero-order valence-corrected chi connectivity index (χ0v) is 13.2. The summed E-state index contributed by atoms with van der Waals surface area (Å²) < 4.78 is 10.2. The molecule has 0 aromatic heterocycles. The van der Waals surface area contributed by atoms with Crippen LogP contribution in [0.2, 0.25) is 0 Å². The van der Waals surface area contributed by atoms with Gasteiger partial charge in [-0.05, 0) is 46.5 Å². The molecule has 0 saturated heterocycles. The van der Waals surface area contributed by atoms with Crippen LogP contribution < -0.4 is 5.32 Å². The summed E-state index contributed by atoms with van der Waals surface area (Å²) in [5.74, 6) is -0.313. The molecule has 5 nitrogen and oxygen atoms in total. The third kappa shape index (κ3) is 4.39. The number of ether oxygens (including phenoxy) is 2. The molecule has 0 aromatic rings. The highest BCUT2D eigenvalue weighted by molar-refractivity contribution is 5.85. The van der Waals surface area contributed by atoms with E-state index in [4.69, 9.17) is 9.47 Å². The summed E-state index contributed by atoms with van der Waals surface area (Å²) in [5, 5.41) is 2.73. The third-order valence-corrected chi connectivity index (χ3v) is 3.79. The van der Waals surface area contributed by atoms with Crippen molar-refractivity contribution in [3.63, 3.8) is 0 Å². The number of methoxy groups -OCH3 is 1. The van der Waals surface area contributed by atoms with Crippen LogP contribution >= 0.6 is 0 Å². The van der Waals surface area contributed by atoms with E-state index in [0.29, 0.717) is 0 Å². The molecule has 0 aromatic carbocycles. The Labute approximate surface area is 121 Å². The summed E-state index contributed by atoms with van der Waals surface area (Å²) in [6.07, 6.45) is 4.60. The maximum atomic E-state index is 12.1. The predicted molar refractivity (Wildman–Crippen MR) is 76.4 cm³/mol. The monoisotopic (exact) mass is 285 g/mol. The number of carbonyl (C=O) groups excluding carboxylic acids is 2. The first kappa shape index (κ1) is 16.8. The van der Waals surface area contributed by atoms with Crippen LogP contribution in [0.4, 0.5) is 4.79 Å². The minimum atomic E-state index is -1.02. The van der Waals surface area contributed by atoms with Gasteiger partial charge in [-0.1, -0.05) is 19.3 Å². The lowest BCUT2D eigenvalue weighted by Crippen LogP contribution is -2.58. The highest BCUT2D eigenvalue weighted by Gasteiger charge is 2.44. The van der Waals surface area contributed by atoms with Crippen LogP contribution in [0.25, 0.3) is 0 Å². The zero-order chi connectivity index (χ0) is 15.4. The molecule has 5 heteroatoms. The second-order valence-electron chi connectivity index (χ2n) is 6.66. The number of hydrogen-bond acceptors (Lipinski definition) is 4. The SMILES string of the molecule is COC(=O)[C@@](C)(NC(=O)OC(C)(C)C)C1CCCCC1. The molecule has 1 aliphatic carbocycles. The van der Waals surface area contributed by atoms with E-state index in [1.54, 1.807) is 27.7 Å². The van der Waals surface area contributed by atoms with Crippen LogP contribution in [0.5, 0.6) is 0 Å². The summed E-state index contributed by atoms with van der Waals surface area (Å²) in [5.41, 5.74) is -1.61. The van der Waals surface area contributed by atoms with Crippen molar-refractivity contribution in [2.24, 2.45) is 5.92 Å². The summed E-state index contributed by atoms with van der Waals surface area (Å²) in [6.45, 7) is 7.12. The molecule has 0 spiro atoms. The molecule has 1 N–H and O–H groups in total. The van der Waals surface area contributed by atoms with Gasteiger partial charge in [-0.15, -0.1) is 0 Å². The van der Waals surface area contributed by atoms with Crippen molar-refractivity contribution in [1.29, 1.82) is 0 Å². The largest absolute Gasteiger partial charge is 0.467 e. The van der Waals surface area contributed by atoms with E-state index in [9.17, 15) is 9.59 Å².